The van der Waals surface area contributed by atoms with E-state index in [-0.39, 0.29) is 22.9 Å². The summed E-state index contributed by atoms with van der Waals surface area (Å²) in [7, 11) is 0. The van der Waals surface area contributed by atoms with Crippen molar-refractivity contribution in [3.63, 3.8) is 0 Å². The average Bonchev–Trinajstić information content (AvgIpc) is 2.25. The largest absolute Gasteiger partial charge is 0.356 e. The molecule has 0 radical (unpaired) electrons. The van der Waals surface area contributed by atoms with Gasteiger partial charge in [0.25, 0.3) is 0 Å². The lowest BCUT2D eigenvalue weighted by Crippen LogP contribution is -2.60. The van der Waals surface area contributed by atoms with Crippen LogP contribution in [-0.4, -0.2) is 33.8 Å². The summed E-state index contributed by atoms with van der Waals surface area (Å²) in [4.78, 5) is 12.1. The molecule has 106 valence electrons. The zero-order valence-corrected chi connectivity index (χ0v) is 12.4. The van der Waals surface area contributed by atoms with Gasteiger partial charge in [-0.15, -0.1) is 0 Å². The second-order valence-corrected chi connectivity index (χ2v) is 6.69. The Balaban J connectivity index is 2.65. The predicted octanol–water partition coefficient (Wildman–Crippen LogP) is 2.56. The third-order valence-corrected chi connectivity index (χ3v) is 3.84. The van der Waals surface area contributed by atoms with E-state index in [1.807, 2.05) is 27.7 Å². The van der Waals surface area contributed by atoms with Gasteiger partial charge in [-0.2, -0.15) is 5.06 Å². The highest BCUT2D eigenvalue weighted by molar-refractivity contribution is 5.79. The van der Waals surface area contributed by atoms with Gasteiger partial charge in [0.2, 0.25) is 5.91 Å². The topological polar surface area (TPSA) is 52.6 Å². The maximum atomic E-state index is 12.1. The summed E-state index contributed by atoms with van der Waals surface area (Å²) < 4.78 is 0. The minimum absolute atomic E-state index is 0.00439. The molecule has 0 atom stereocenters. The Bertz CT molecular complexity index is 282. The zero-order valence-electron chi connectivity index (χ0n) is 12.4. The van der Waals surface area contributed by atoms with Crippen LogP contribution in [0.4, 0.5) is 0 Å². The van der Waals surface area contributed by atoms with Gasteiger partial charge in [-0.25, -0.2) is 0 Å². The molecule has 0 spiro atoms. The molecule has 1 rings (SSSR count). The number of carbonyl (C=O) groups excluding carboxylic acids is 1. The van der Waals surface area contributed by atoms with Gasteiger partial charge in [0.15, 0.2) is 0 Å². The first-order chi connectivity index (χ1) is 8.20. The molecule has 18 heavy (non-hydrogen) atoms. The van der Waals surface area contributed by atoms with Crippen LogP contribution in [0.1, 0.15) is 60.3 Å². The summed E-state index contributed by atoms with van der Waals surface area (Å²) in [6, 6.07) is 0. The summed E-state index contributed by atoms with van der Waals surface area (Å²) in [5.74, 6) is 0.132. The maximum Gasteiger partial charge on any atom is 0.223 e. The van der Waals surface area contributed by atoms with Crippen molar-refractivity contribution in [3.8, 4) is 0 Å². The monoisotopic (exact) mass is 256 g/mol. The normalized spacial score (nSPS) is 23.9. The molecule has 1 fully saturated rings. The molecular formula is C14H28N2O2. The molecule has 0 saturated carbocycles. The molecule has 1 aliphatic heterocycles. The van der Waals surface area contributed by atoms with Crippen molar-refractivity contribution in [1.29, 1.82) is 0 Å². The van der Waals surface area contributed by atoms with Gasteiger partial charge in [0.05, 0.1) is 0 Å². The molecule has 2 N–H and O–H groups in total. The molecule has 0 bridgehead atoms. The zero-order chi connectivity index (χ0) is 14.0. The van der Waals surface area contributed by atoms with E-state index in [1.165, 1.54) is 5.06 Å². The lowest BCUT2D eigenvalue weighted by Gasteiger charge is -2.51. The van der Waals surface area contributed by atoms with Gasteiger partial charge < -0.3 is 10.5 Å². The predicted molar refractivity (Wildman–Crippen MR) is 72.4 cm³/mol. The van der Waals surface area contributed by atoms with E-state index in [2.05, 4.69) is 12.2 Å². The first kappa shape index (κ1) is 15.4. The second kappa shape index (κ2) is 5.57. The molecule has 1 aliphatic rings. The van der Waals surface area contributed by atoms with Crippen molar-refractivity contribution in [2.45, 2.75) is 71.4 Å². The molecule has 0 unspecified atom stereocenters. The minimum Gasteiger partial charge on any atom is -0.356 e. The first-order valence-electron chi connectivity index (χ1n) is 6.97. The van der Waals surface area contributed by atoms with E-state index in [1.54, 1.807) is 0 Å². The first-order valence-corrected chi connectivity index (χ1v) is 6.97. The maximum absolute atomic E-state index is 12.1. The minimum atomic E-state index is -0.353. The van der Waals surface area contributed by atoms with Gasteiger partial charge in [0.1, 0.15) is 0 Å². The molecule has 4 heteroatoms. The number of nitrogens with one attached hydrogen (secondary N) is 1. The number of nitrogens with zero attached hydrogens (tertiary/aromatic N) is 1. The Morgan fingerprint density at radius 1 is 1.28 bits per heavy atom. The van der Waals surface area contributed by atoms with Crippen molar-refractivity contribution in [2.75, 3.05) is 6.54 Å². The second-order valence-electron chi connectivity index (χ2n) is 6.69. The number of hydroxylamine groups is 2. The lowest BCUT2D eigenvalue weighted by atomic mass is 9.75. The number of hydrogen-bond acceptors (Lipinski definition) is 3. The van der Waals surface area contributed by atoms with Crippen LogP contribution < -0.4 is 5.32 Å². The number of unbranched alkanes of at least 4 members (excludes halogenated alkanes) is 1. The number of hydrogen-bond donors (Lipinski definition) is 2. The summed E-state index contributed by atoms with van der Waals surface area (Å²) in [6.45, 7) is 10.8. The van der Waals surface area contributed by atoms with Crippen molar-refractivity contribution < 1.29 is 10.0 Å². The van der Waals surface area contributed by atoms with Crippen LogP contribution in [0.15, 0.2) is 0 Å². The lowest BCUT2D eigenvalue weighted by molar-refractivity contribution is -0.249. The summed E-state index contributed by atoms with van der Waals surface area (Å²) >= 11 is 0. The van der Waals surface area contributed by atoms with E-state index in [4.69, 9.17) is 0 Å². The van der Waals surface area contributed by atoms with Gasteiger partial charge in [-0.05, 0) is 47.0 Å². The smallest absolute Gasteiger partial charge is 0.223 e. The van der Waals surface area contributed by atoms with Crippen LogP contribution in [0.2, 0.25) is 0 Å². The fourth-order valence-electron chi connectivity index (χ4n) is 2.99. The molecule has 4 nitrogen and oxygen atoms in total. The highest BCUT2D eigenvalue weighted by Gasteiger charge is 2.46. The molecule has 1 heterocycles. The van der Waals surface area contributed by atoms with Crippen molar-refractivity contribution >= 4 is 5.91 Å². The van der Waals surface area contributed by atoms with Gasteiger partial charge in [-0.1, -0.05) is 13.3 Å². The molecule has 0 aromatic carbocycles. The van der Waals surface area contributed by atoms with Crippen LogP contribution in [0.3, 0.4) is 0 Å². The fraction of sp³-hybridized carbons (Fsp3) is 0.929. The highest BCUT2D eigenvalue weighted by Crippen LogP contribution is 2.39. The highest BCUT2D eigenvalue weighted by atomic mass is 16.5. The molecule has 0 aromatic heterocycles. The van der Waals surface area contributed by atoms with E-state index >= 15 is 0 Å². The molecular weight excluding hydrogens is 228 g/mol. The van der Waals surface area contributed by atoms with Gasteiger partial charge in [-0.3, -0.25) is 4.79 Å². The van der Waals surface area contributed by atoms with Crippen LogP contribution in [0.25, 0.3) is 0 Å². The van der Waals surface area contributed by atoms with Crippen LogP contribution in [0, 0.1) is 5.92 Å². The summed E-state index contributed by atoms with van der Waals surface area (Å²) in [6.07, 6.45) is 3.51. The van der Waals surface area contributed by atoms with Crippen molar-refractivity contribution in [1.82, 2.24) is 10.4 Å². The number of rotatable bonds is 4. The van der Waals surface area contributed by atoms with Crippen LogP contribution in [-0.2, 0) is 4.79 Å². The Morgan fingerprint density at radius 2 is 1.78 bits per heavy atom. The van der Waals surface area contributed by atoms with Crippen LogP contribution >= 0.6 is 0 Å². The molecule has 1 amide bonds. The molecule has 0 aliphatic carbocycles. The van der Waals surface area contributed by atoms with Gasteiger partial charge in [0, 0.05) is 23.5 Å². The van der Waals surface area contributed by atoms with E-state index in [9.17, 15) is 10.0 Å². The van der Waals surface area contributed by atoms with Crippen molar-refractivity contribution in [3.05, 3.63) is 0 Å². The quantitative estimate of drug-likeness (QED) is 0.760. The standard InChI is InChI=1S/C14H28N2O2/c1-6-7-8-15-12(17)11-9-13(2,3)16(18)14(4,5)10-11/h11,18H,6-10H2,1-5H3,(H,15,17). The summed E-state index contributed by atoms with van der Waals surface area (Å²) in [5, 5.41) is 14.6. The van der Waals surface area contributed by atoms with Gasteiger partial charge >= 0.3 is 0 Å². The average molecular weight is 256 g/mol. The SMILES string of the molecule is CCCCNC(=O)C1CC(C)(C)N(O)C(C)(C)C1. The third-order valence-electron chi connectivity index (χ3n) is 3.84. The van der Waals surface area contributed by atoms with Crippen LogP contribution in [0.5, 0.6) is 0 Å². The fourth-order valence-corrected chi connectivity index (χ4v) is 2.99. The van der Waals surface area contributed by atoms with E-state index in [0.717, 1.165) is 19.4 Å². The summed E-state index contributed by atoms with van der Waals surface area (Å²) in [5.41, 5.74) is -0.705. The third kappa shape index (κ3) is 3.45. The Morgan fingerprint density at radius 3 is 2.22 bits per heavy atom. The Labute approximate surface area is 111 Å². The van der Waals surface area contributed by atoms with E-state index < -0.39 is 0 Å². The van der Waals surface area contributed by atoms with Crippen molar-refractivity contribution in [2.24, 2.45) is 5.92 Å². The number of carbonyl (C=O) groups is 1. The van der Waals surface area contributed by atoms with E-state index in [0.29, 0.717) is 12.8 Å². The molecule has 1 saturated heterocycles. The number of amides is 1. The molecule has 0 aromatic rings. The Hall–Kier alpha value is -0.610. The number of piperidine rings is 1. The Kier molecular flexibility index (Phi) is 4.78.